The highest BCUT2D eigenvalue weighted by atomic mass is 16.6. The predicted molar refractivity (Wildman–Crippen MR) is 201 cm³/mol. The molecule has 0 aliphatic rings. The van der Waals surface area contributed by atoms with Crippen LogP contribution in [0.15, 0.2) is 74.4 Å². The van der Waals surface area contributed by atoms with E-state index in [0.29, 0.717) is 0 Å². The van der Waals surface area contributed by atoms with Crippen molar-refractivity contribution < 1.29 is 96.1 Å². The Hall–Kier alpha value is -6.86. The maximum atomic E-state index is 11.9. The number of aliphatic carboxylic acids is 2. The maximum Gasteiger partial charge on any atom is 0.333 e. The Balaban J connectivity index is 0. The summed E-state index contributed by atoms with van der Waals surface area (Å²) in [5.74, 6) is -8.82. The predicted octanol–water partition coefficient (Wildman–Crippen LogP) is 2.31. The number of carboxylic acids is 2. The van der Waals surface area contributed by atoms with Crippen molar-refractivity contribution in [3.63, 3.8) is 0 Å². The quantitative estimate of drug-likeness (QED) is 0.0649. The monoisotopic (exact) mass is 838 g/mol. The van der Waals surface area contributed by atoms with Crippen molar-refractivity contribution in [2.24, 2.45) is 10.8 Å². The van der Waals surface area contributed by atoms with Crippen molar-refractivity contribution >= 4 is 59.7 Å². The van der Waals surface area contributed by atoms with Crippen LogP contribution in [0.4, 0.5) is 0 Å². The lowest BCUT2D eigenvalue weighted by Crippen LogP contribution is -2.44. The van der Waals surface area contributed by atoms with Gasteiger partial charge in [-0.1, -0.05) is 39.5 Å². The first kappa shape index (κ1) is 54.2. The fourth-order valence-electron chi connectivity index (χ4n) is 3.40. The molecule has 0 heterocycles. The highest BCUT2D eigenvalue weighted by Crippen LogP contribution is 2.24. The molecule has 0 spiro atoms. The first-order valence-corrected chi connectivity index (χ1v) is 17.1. The molecule has 0 atom stereocenters. The van der Waals surface area contributed by atoms with Crippen molar-refractivity contribution in [2.45, 2.75) is 46.5 Å². The Morgan fingerprint density at radius 2 is 0.627 bits per heavy atom. The van der Waals surface area contributed by atoms with Crippen LogP contribution < -0.4 is 0 Å². The Morgan fingerprint density at radius 1 is 0.407 bits per heavy atom. The van der Waals surface area contributed by atoms with E-state index in [0.717, 1.165) is 18.2 Å². The standard InChI is InChI=1S/C21H28O10.C18H22O10/c1-13(2)18(25)29-10-21(11-30-19(26)14(3)4,12-31-20(27)15(5)6)9-28-17(24)8-7-16(22)23;1-4-14(21)25-9-18(10-26-15(22)5-2,11-27-16(23)6-3)12-28-17(24)8-7-13(19)20/h1,3,5,7-12H2,2,4,6H3,(H,22,23);4-6H,1-3,7-12H2,(H,19,20). The SMILES string of the molecule is C=C(C)C(=O)OCC(COC(=O)CCC(=O)O)(COC(=O)C(=C)C)COC(=O)C(=C)C.C=CC(=O)OCC(COC(=O)C=C)(COC(=O)C=C)COC(=O)CCC(=O)O. The lowest BCUT2D eigenvalue weighted by molar-refractivity contribution is -0.170. The van der Waals surface area contributed by atoms with Crippen molar-refractivity contribution in [2.75, 3.05) is 52.9 Å². The molecule has 0 saturated carbocycles. The average molecular weight is 839 g/mol. The van der Waals surface area contributed by atoms with E-state index in [9.17, 15) is 47.9 Å². The molecule has 20 nitrogen and oxygen atoms in total. The fourth-order valence-corrected chi connectivity index (χ4v) is 3.40. The van der Waals surface area contributed by atoms with Gasteiger partial charge >= 0.3 is 59.7 Å². The van der Waals surface area contributed by atoms with E-state index in [1.807, 2.05) is 0 Å². The molecule has 0 radical (unpaired) electrons. The zero-order chi connectivity index (χ0) is 45.8. The molecular formula is C39H50O20. The summed E-state index contributed by atoms with van der Waals surface area (Å²) >= 11 is 0. The van der Waals surface area contributed by atoms with Crippen LogP contribution in [-0.4, -0.2) is 123 Å². The van der Waals surface area contributed by atoms with E-state index in [1.54, 1.807) is 0 Å². The minimum atomic E-state index is -1.47. The molecule has 2 N–H and O–H groups in total. The van der Waals surface area contributed by atoms with Crippen LogP contribution in [0.2, 0.25) is 0 Å². The van der Waals surface area contributed by atoms with E-state index in [4.69, 9.17) is 48.1 Å². The number of hydrogen-bond acceptors (Lipinski definition) is 18. The van der Waals surface area contributed by atoms with E-state index < -0.39 is 149 Å². The van der Waals surface area contributed by atoms with Crippen molar-refractivity contribution in [3.05, 3.63) is 74.4 Å². The summed E-state index contributed by atoms with van der Waals surface area (Å²) in [5.41, 5.74) is -2.66. The van der Waals surface area contributed by atoms with Gasteiger partial charge in [0.2, 0.25) is 0 Å². The van der Waals surface area contributed by atoms with Crippen molar-refractivity contribution in [1.29, 1.82) is 0 Å². The normalized spacial score (nSPS) is 10.3. The van der Waals surface area contributed by atoms with Crippen molar-refractivity contribution in [1.82, 2.24) is 0 Å². The number of hydrogen-bond donors (Lipinski definition) is 2. The number of carbonyl (C=O) groups is 10. The van der Waals surface area contributed by atoms with Gasteiger partial charge in [-0.2, -0.15) is 0 Å². The summed E-state index contributed by atoms with van der Waals surface area (Å²) in [7, 11) is 0. The topological polar surface area (TPSA) is 285 Å². The minimum Gasteiger partial charge on any atom is -0.481 e. The second-order valence-electron chi connectivity index (χ2n) is 12.6. The van der Waals surface area contributed by atoms with E-state index in [2.05, 4.69) is 39.5 Å². The maximum absolute atomic E-state index is 11.9. The van der Waals surface area contributed by atoms with Gasteiger partial charge in [-0.05, 0) is 20.8 Å². The molecule has 0 aliphatic carbocycles. The van der Waals surface area contributed by atoms with Gasteiger partial charge in [0, 0.05) is 34.9 Å². The number of esters is 8. The highest BCUT2D eigenvalue weighted by molar-refractivity contribution is 5.88. The van der Waals surface area contributed by atoms with Crippen LogP contribution in [0.5, 0.6) is 0 Å². The molecule has 0 unspecified atom stereocenters. The summed E-state index contributed by atoms with van der Waals surface area (Å²) in [6.45, 7) is 20.6. The zero-order valence-corrected chi connectivity index (χ0v) is 33.2. The first-order valence-electron chi connectivity index (χ1n) is 17.1. The number of carboxylic acid groups (broad SMARTS) is 2. The van der Waals surface area contributed by atoms with Crippen LogP contribution in [-0.2, 0) is 85.8 Å². The molecule has 326 valence electrons. The molecule has 0 amide bonds. The molecule has 0 rings (SSSR count). The molecule has 0 bridgehead atoms. The molecule has 59 heavy (non-hydrogen) atoms. The third-order valence-electron chi connectivity index (χ3n) is 6.80. The van der Waals surface area contributed by atoms with Gasteiger partial charge in [0.1, 0.15) is 63.7 Å². The Labute approximate surface area is 340 Å². The van der Waals surface area contributed by atoms with Gasteiger partial charge in [0.25, 0.3) is 0 Å². The smallest absolute Gasteiger partial charge is 0.333 e. The van der Waals surface area contributed by atoms with Gasteiger partial charge < -0.3 is 48.1 Å². The van der Waals surface area contributed by atoms with Crippen LogP contribution in [0.3, 0.4) is 0 Å². The third-order valence-corrected chi connectivity index (χ3v) is 6.80. The molecule has 0 saturated heterocycles. The van der Waals surface area contributed by atoms with Gasteiger partial charge in [-0.25, -0.2) is 28.8 Å². The number of ether oxygens (including phenoxy) is 8. The largest absolute Gasteiger partial charge is 0.481 e. The second-order valence-corrected chi connectivity index (χ2v) is 12.6. The Morgan fingerprint density at radius 3 is 0.831 bits per heavy atom. The average Bonchev–Trinajstić information content (AvgIpc) is 3.19. The summed E-state index contributed by atoms with van der Waals surface area (Å²) in [6, 6.07) is 0. The minimum absolute atomic E-state index is 0.0882. The second kappa shape index (κ2) is 28.5. The van der Waals surface area contributed by atoms with Gasteiger partial charge in [-0.3, -0.25) is 19.2 Å². The summed E-state index contributed by atoms with van der Waals surface area (Å²) in [5, 5.41) is 17.3. The van der Waals surface area contributed by atoms with Gasteiger partial charge in [-0.15, -0.1) is 0 Å². The lowest BCUT2D eigenvalue weighted by atomic mass is 9.92. The molecule has 0 aliphatic heterocycles. The van der Waals surface area contributed by atoms with Crippen LogP contribution >= 0.6 is 0 Å². The highest BCUT2D eigenvalue weighted by Gasteiger charge is 2.39. The van der Waals surface area contributed by atoms with Gasteiger partial charge in [0.05, 0.1) is 25.7 Å². The van der Waals surface area contributed by atoms with E-state index in [-0.39, 0.29) is 16.7 Å². The summed E-state index contributed by atoms with van der Waals surface area (Å²) in [6.07, 6.45) is 0.935. The molecule has 0 aromatic heterocycles. The van der Waals surface area contributed by atoms with Crippen molar-refractivity contribution in [3.8, 4) is 0 Å². The number of rotatable bonds is 28. The van der Waals surface area contributed by atoms with Crippen LogP contribution in [0, 0.1) is 10.8 Å². The fraction of sp³-hybridized carbons (Fsp3) is 0.436. The molecule has 0 aromatic rings. The van der Waals surface area contributed by atoms with E-state index in [1.165, 1.54) is 20.8 Å². The number of carbonyl (C=O) groups excluding carboxylic acids is 8. The lowest BCUT2D eigenvalue weighted by Gasteiger charge is -2.31. The molecule has 0 aromatic carbocycles. The van der Waals surface area contributed by atoms with E-state index >= 15 is 0 Å². The molecular weight excluding hydrogens is 788 g/mol. The zero-order valence-electron chi connectivity index (χ0n) is 33.2. The van der Waals surface area contributed by atoms with Gasteiger partial charge in [0.15, 0.2) is 0 Å². The molecule has 0 fully saturated rings. The summed E-state index contributed by atoms with van der Waals surface area (Å²) in [4.78, 5) is 115. The Bertz CT molecular complexity index is 1500. The van der Waals surface area contributed by atoms with Crippen LogP contribution in [0.1, 0.15) is 46.5 Å². The first-order chi connectivity index (χ1) is 27.5. The van der Waals surface area contributed by atoms with Crippen LogP contribution in [0.25, 0.3) is 0 Å². The summed E-state index contributed by atoms with van der Waals surface area (Å²) < 4.78 is 40.3. The third kappa shape index (κ3) is 25.8. The Kier molecular flexibility index (Phi) is 26.2. The molecule has 20 heteroatoms.